The lowest BCUT2D eigenvalue weighted by Gasteiger charge is -2.17. The quantitative estimate of drug-likeness (QED) is 0.651. The highest BCUT2D eigenvalue weighted by Crippen LogP contribution is 2.10. The highest BCUT2D eigenvalue weighted by Gasteiger charge is 2.12. The standard InChI is InChI=1S/C15H17NO2/c1-11-5-9-14(10-6-11)15(18)16(4)12(2)7-8-13(3)17/h5-10,17H,2-3H2,1,4H3/b8-7-. The van der Waals surface area contributed by atoms with Gasteiger partial charge in [0.15, 0.2) is 0 Å². The van der Waals surface area contributed by atoms with Crippen LogP contribution in [0.4, 0.5) is 0 Å². The lowest BCUT2D eigenvalue weighted by atomic mass is 10.1. The highest BCUT2D eigenvalue weighted by atomic mass is 16.3. The van der Waals surface area contributed by atoms with E-state index in [0.717, 1.165) is 5.56 Å². The van der Waals surface area contributed by atoms with E-state index in [1.54, 1.807) is 19.2 Å². The fourth-order valence-electron chi connectivity index (χ4n) is 1.32. The van der Waals surface area contributed by atoms with Crippen molar-refractivity contribution < 1.29 is 9.90 Å². The van der Waals surface area contributed by atoms with Crippen molar-refractivity contribution in [3.8, 4) is 0 Å². The van der Waals surface area contributed by atoms with Crippen molar-refractivity contribution in [2.75, 3.05) is 7.05 Å². The number of hydrogen-bond donors (Lipinski definition) is 1. The number of allylic oxidation sites excluding steroid dienone is 2. The van der Waals surface area contributed by atoms with E-state index in [4.69, 9.17) is 5.11 Å². The summed E-state index contributed by atoms with van der Waals surface area (Å²) in [5.74, 6) is -0.222. The molecule has 0 atom stereocenters. The van der Waals surface area contributed by atoms with E-state index in [-0.39, 0.29) is 11.7 Å². The van der Waals surface area contributed by atoms with Gasteiger partial charge in [0.1, 0.15) is 5.76 Å². The molecule has 1 N–H and O–H groups in total. The number of nitrogens with zero attached hydrogens (tertiary/aromatic N) is 1. The highest BCUT2D eigenvalue weighted by molar-refractivity contribution is 5.95. The molecule has 1 amide bonds. The lowest BCUT2D eigenvalue weighted by molar-refractivity contribution is 0.0841. The molecule has 1 aromatic carbocycles. The van der Waals surface area contributed by atoms with E-state index < -0.39 is 0 Å². The molecule has 0 unspecified atom stereocenters. The van der Waals surface area contributed by atoms with Crippen molar-refractivity contribution in [2.24, 2.45) is 0 Å². The molecule has 0 aliphatic heterocycles. The molecule has 3 nitrogen and oxygen atoms in total. The summed E-state index contributed by atoms with van der Waals surface area (Å²) in [7, 11) is 1.63. The topological polar surface area (TPSA) is 40.5 Å². The van der Waals surface area contributed by atoms with Crippen LogP contribution in [-0.2, 0) is 0 Å². The normalized spacial score (nSPS) is 10.3. The number of amides is 1. The molecule has 0 saturated carbocycles. The maximum absolute atomic E-state index is 12.1. The second-order valence-corrected chi connectivity index (χ2v) is 4.05. The molecule has 0 spiro atoms. The first-order valence-corrected chi connectivity index (χ1v) is 5.51. The summed E-state index contributed by atoms with van der Waals surface area (Å²) in [6.45, 7) is 9.04. The summed E-state index contributed by atoms with van der Waals surface area (Å²) < 4.78 is 0. The van der Waals surface area contributed by atoms with Crippen LogP contribution in [0.15, 0.2) is 61.0 Å². The third-order valence-electron chi connectivity index (χ3n) is 2.50. The lowest BCUT2D eigenvalue weighted by Crippen LogP contribution is -2.24. The Morgan fingerprint density at radius 2 is 1.78 bits per heavy atom. The average molecular weight is 243 g/mol. The Bertz CT molecular complexity index is 498. The fourth-order valence-corrected chi connectivity index (χ4v) is 1.32. The fraction of sp³-hybridized carbons (Fsp3) is 0.133. The molecule has 0 saturated heterocycles. The maximum atomic E-state index is 12.1. The number of carbonyl (C=O) groups is 1. The van der Waals surface area contributed by atoms with Gasteiger partial charge in [-0.15, -0.1) is 0 Å². The van der Waals surface area contributed by atoms with Gasteiger partial charge in [0.25, 0.3) is 5.91 Å². The number of benzene rings is 1. The van der Waals surface area contributed by atoms with Crippen molar-refractivity contribution >= 4 is 5.91 Å². The molecule has 0 fully saturated rings. The molecule has 94 valence electrons. The summed E-state index contributed by atoms with van der Waals surface area (Å²) >= 11 is 0. The number of likely N-dealkylation sites (N-methyl/N-ethyl adjacent to an activating group) is 1. The van der Waals surface area contributed by atoms with Crippen LogP contribution in [0.3, 0.4) is 0 Å². The first kappa shape index (κ1) is 13.8. The molecule has 18 heavy (non-hydrogen) atoms. The molecular weight excluding hydrogens is 226 g/mol. The third kappa shape index (κ3) is 3.63. The summed E-state index contributed by atoms with van der Waals surface area (Å²) in [6, 6.07) is 7.32. The van der Waals surface area contributed by atoms with Crippen molar-refractivity contribution in [2.45, 2.75) is 6.92 Å². The van der Waals surface area contributed by atoms with Gasteiger partial charge in [0.05, 0.1) is 0 Å². The van der Waals surface area contributed by atoms with Crippen LogP contribution in [0.5, 0.6) is 0 Å². The number of hydrogen-bond acceptors (Lipinski definition) is 2. The minimum Gasteiger partial charge on any atom is -0.509 e. The molecule has 0 heterocycles. The third-order valence-corrected chi connectivity index (χ3v) is 2.50. The molecule has 3 heteroatoms. The Labute approximate surface area is 107 Å². The first-order valence-electron chi connectivity index (χ1n) is 5.51. The largest absolute Gasteiger partial charge is 0.509 e. The Hall–Kier alpha value is -2.29. The van der Waals surface area contributed by atoms with Crippen LogP contribution < -0.4 is 0 Å². The van der Waals surface area contributed by atoms with Crippen LogP contribution in [0.2, 0.25) is 0 Å². The van der Waals surface area contributed by atoms with Gasteiger partial charge < -0.3 is 10.0 Å². The van der Waals surface area contributed by atoms with Crippen molar-refractivity contribution in [1.82, 2.24) is 4.90 Å². The minimum atomic E-state index is -0.145. The number of aliphatic hydroxyl groups excluding tert-OH is 1. The Morgan fingerprint density at radius 3 is 2.28 bits per heavy atom. The van der Waals surface area contributed by atoms with Gasteiger partial charge >= 0.3 is 0 Å². The van der Waals surface area contributed by atoms with Crippen molar-refractivity contribution in [1.29, 1.82) is 0 Å². The zero-order valence-electron chi connectivity index (χ0n) is 10.7. The minimum absolute atomic E-state index is 0.0765. The summed E-state index contributed by atoms with van der Waals surface area (Å²) in [5, 5.41) is 8.94. The van der Waals surface area contributed by atoms with Crippen LogP contribution in [0.1, 0.15) is 15.9 Å². The van der Waals surface area contributed by atoms with Crippen LogP contribution in [0, 0.1) is 6.92 Å². The van der Waals surface area contributed by atoms with E-state index >= 15 is 0 Å². The van der Waals surface area contributed by atoms with Gasteiger partial charge in [-0.1, -0.05) is 30.9 Å². The first-order chi connectivity index (χ1) is 8.41. The summed E-state index contributed by atoms with van der Waals surface area (Å²) in [4.78, 5) is 13.5. The summed E-state index contributed by atoms with van der Waals surface area (Å²) in [5.41, 5.74) is 2.18. The Morgan fingerprint density at radius 1 is 1.22 bits per heavy atom. The molecule has 0 aromatic heterocycles. The number of rotatable bonds is 4. The van der Waals surface area contributed by atoms with E-state index in [9.17, 15) is 4.79 Å². The predicted molar refractivity (Wildman–Crippen MR) is 73.3 cm³/mol. The maximum Gasteiger partial charge on any atom is 0.257 e. The zero-order chi connectivity index (χ0) is 13.7. The van der Waals surface area contributed by atoms with Gasteiger partial charge in [-0.2, -0.15) is 0 Å². The molecule has 0 radical (unpaired) electrons. The van der Waals surface area contributed by atoms with Gasteiger partial charge in [0.2, 0.25) is 0 Å². The SMILES string of the molecule is C=C(O)/C=C\C(=C)N(C)C(=O)c1ccc(C)cc1. The molecule has 1 aromatic rings. The average Bonchev–Trinajstić information content (AvgIpc) is 2.35. The Kier molecular flexibility index (Phi) is 4.49. The van der Waals surface area contributed by atoms with Gasteiger partial charge in [0, 0.05) is 18.3 Å². The second-order valence-electron chi connectivity index (χ2n) is 4.05. The van der Waals surface area contributed by atoms with Crippen LogP contribution >= 0.6 is 0 Å². The van der Waals surface area contributed by atoms with E-state index in [0.29, 0.717) is 11.3 Å². The van der Waals surface area contributed by atoms with Crippen LogP contribution in [0.25, 0.3) is 0 Å². The monoisotopic (exact) mass is 243 g/mol. The molecule has 1 rings (SSSR count). The Balaban J connectivity index is 2.81. The zero-order valence-corrected chi connectivity index (χ0v) is 10.7. The molecule has 0 aliphatic carbocycles. The molecule has 0 aliphatic rings. The van der Waals surface area contributed by atoms with E-state index in [1.807, 2.05) is 19.1 Å². The van der Waals surface area contributed by atoms with Crippen molar-refractivity contribution in [3.63, 3.8) is 0 Å². The van der Waals surface area contributed by atoms with Gasteiger partial charge in [-0.05, 0) is 31.2 Å². The smallest absolute Gasteiger partial charge is 0.257 e. The van der Waals surface area contributed by atoms with Gasteiger partial charge in [-0.3, -0.25) is 4.79 Å². The molecular formula is C15H17NO2. The number of aliphatic hydroxyl groups is 1. The second kappa shape index (κ2) is 5.87. The van der Waals surface area contributed by atoms with E-state index in [2.05, 4.69) is 13.2 Å². The molecule has 0 bridgehead atoms. The predicted octanol–water partition coefficient (Wildman–Crippen LogP) is 3.21. The summed E-state index contributed by atoms with van der Waals surface area (Å²) in [6.07, 6.45) is 2.93. The number of aryl methyl sites for hydroxylation is 1. The van der Waals surface area contributed by atoms with Gasteiger partial charge in [-0.25, -0.2) is 0 Å². The van der Waals surface area contributed by atoms with Crippen LogP contribution in [-0.4, -0.2) is 23.0 Å². The van der Waals surface area contributed by atoms with E-state index in [1.165, 1.54) is 17.1 Å². The number of carbonyl (C=O) groups excluding carboxylic acids is 1. The van der Waals surface area contributed by atoms with Crippen molar-refractivity contribution in [3.05, 3.63) is 72.2 Å².